The molecular weight excluding hydrogens is 360 g/mol. The number of hydrogen-bond acceptors (Lipinski definition) is 4. The van der Waals surface area contributed by atoms with E-state index < -0.39 is 0 Å². The first-order valence-corrected chi connectivity index (χ1v) is 7.81. The van der Waals surface area contributed by atoms with Crippen LogP contribution in [0, 0.1) is 0 Å². The lowest BCUT2D eigenvalue weighted by atomic mass is 9.98. The zero-order valence-corrected chi connectivity index (χ0v) is 14.3. The normalized spacial score (nSPS) is 15.1. The highest BCUT2D eigenvalue weighted by atomic mass is 79.9. The van der Waals surface area contributed by atoms with E-state index in [-0.39, 0.29) is 12.4 Å². The van der Waals surface area contributed by atoms with E-state index in [4.69, 9.17) is 14.2 Å². The van der Waals surface area contributed by atoms with Crippen LogP contribution in [0.15, 0.2) is 46.4 Å². The van der Waals surface area contributed by atoms with Gasteiger partial charge in [0.2, 0.25) is 0 Å². The Kier molecular flexibility index (Phi) is 4.39. The van der Waals surface area contributed by atoms with Gasteiger partial charge in [-0.05, 0) is 42.5 Å². The van der Waals surface area contributed by atoms with Crippen molar-refractivity contribution in [2.45, 2.75) is 0 Å². The van der Waals surface area contributed by atoms with Gasteiger partial charge in [-0.3, -0.25) is 4.79 Å². The molecular formula is C18H15BrO4. The predicted octanol–water partition coefficient (Wildman–Crippen LogP) is 4.13. The van der Waals surface area contributed by atoms with Crippen LogP contribution in [0.5, 0.6) is 17.2 Å². The van der Waals surface area contributed by atoms with Crippen molar-refractivity contribution in [3.63, 3.8) is 0 Å². The number of ether oxygens (including phenoxy) is 3. The van der Waals surface area contributed by atoms with Crippen LogP contribution in [0.25, 0.3) is 6.08 Å². The third-order valence-electron chi connectivity index (χ3n) is 3.63. The molecule has 23 heavy (non-hydrogen) atoms. The Morgan fingerprint density at radius 2 is 1.96 bits per heavy atom. The number of Topliss-reactive ketones (excluding diaryl/α,β-unsaturated/α-hetero) is 1. The lowest BCUT2D eigenvalue weighted by molar-refractivity contribution is 0.100. The van der Waals surface area contributed by atoms with Crippen molar-refractivity contribution in [2.75, 3.05) is 20.8 Å². The molecule has 2 aromatic rings. The molecule has 0 bridgehead atoms. The van der Waals surface area contributed by atoms with Gasteiger partial charge in [0.1, 0.15) is 23.9 Å². The van der Waals surface area contributed by atoms with Crippen LogP contribution in [-0.2, 0) is 0 Å². The Balaban J connectivity index is 2.02. The Morgan fingerprint density at radius 3 is 2.70 bits per heavy atom. The van der Waals surface area contributed by atoms with Gasteiger partial charge in [-0.1, -0.05) is 15.9 Å². The van der Waals surface area contributed by atoms with Gasteiger partial charge < -0.3 is 14.2 Å². The average Bonchev–Trinajstić information content (AvgIpc) is 2.57. The average molecular weight is 375 g/mol. The highest BCUT2D eigenvalue weighted by molar-refractivity contribution is 9.10. The van der Waals surface area contributed by atoms with Gasteiger partial charge in [0, 0.05) is 15.6 Å². The molecule has 0 N–H and O–H groups in total. The van der Waals surface area contributed by atoms with Crippen molar-refractivity contribution in [3.05, 3.63) is 57.6 Å². The monoisotopic (exact) mass is 374 g/mol. The molecule has 0 atom stereocenters. The number of benzene rings is 2. The molecule has 2 aromatic carbocycles. The molecule has 118 valence electrons. The molecule has 0 saturated heterocycles. The number of hydrogen-bond donors (Lipinski definition) is 0. The van der Waals surface area contributed by atoms with Gasteiger partial charge in [-0.25, -0.2) is 0 Å². The molecule has 0 spiro atoms. The van der Waals surface area contributed by atoms with E-state index in [0.717, 1.165) is 10.0 Å². The maximum Gasteiger partial charge on any atom is 0.196 e. The largest absolute Gasteiger partial charge is 0.497 e. The van der Waals surface area contributed by atoms with E-state index in [9.17, 15) is 4.79 Å². The summed E-state index contributed by atoms with van der Waals surface area (Å²) in [4.78, 5) is 12.7. The van der Waals surface area contributed by atoms with E-state index in [1.165, 1.54) is 0 Å². The molecule has 1 aliphatic rings. The van der Waals surface area contributed by atoms with E-state index in [2.05, 4.69) is 15.9 Å². The summed E-state index contributed by atoms with van der Waals surface area (Å²) in [7, 11) is 3.17. The van der Waals surface area contributed by atoms with E-state index in [1.807, 2.05) is 18.2 Å². The zero-order chi connectivity index (χ0) is 16.4. The lowest BCUT2D eigenvalue weighted by Gasteiger charge is -2.19. The summed E-state index contributed by atoms with van der Waals surface area (Å²) in [6, 6.07) is 10.9. The van der Waals surface area contributed by atoms with Crippen molar-refractivity contribution in [3.8, 4) is 17.2 Å². The van der Waals surface area contributed by atoms with Crippen LogP contribution < -0.4 is 14.2 Å². The van der Waals surface area contributed by atoms with Gasteiger partial charge in [-0.2, -0.15) is 0 Å². The smallest absolute Gasteiger partial charge is 0.196 e. The highest BCUT2D eigenvalue weighted by Gasteiger charge is 2.24. The summed E-state index contributed by atoms with van der Waals surface area (Å²) in [6.07, 6.45) is 1.80. The predicted molar refractivity (Wildman–Crippen MR) is 91.5 cm³/mol. The van der Waals surface area contributed by atoms with Gasteiger partial charge >= 0.3 is 0 Å². The van der Waals surface area contributed by atoms with Crippen molar-refractivity contribution < 1.29 is 19.0 Å². The fraction of sp³-hybridized carbons (Fsp3) is 0.167. The number of carbonyl (C=O) groups is 1. The fourth-order valence-electron chi connectivity index (χ4n) is 2.45. The van der Waals surface area contributed by atoms with Crippen molar-refractivity contribution in [1.82, 2.24) is 0 Å². The Labute approximate surface area is 142 Å². The second kappa shape index (κ2) is 6.46. The molecule has 0 aliphatic carbocycles. The number of fused-ring (bicyclic) bond motifs is 1. The highest BCUT2D eigenvalue weighted by Crippen LogP contribution is 2.32. The number of rotatable bonds is 3. The minimum atomic E-state index is -0.0628. The first kappa shape index (κ1) is 15.6. The second-order valence-electron chi connectivity index (χ2n) is 5.04. The molecule has 0 saturated carbocycles. The molecule has 4 nitrogen and oxygen atoms in total. The van der Waals surface area contributed by atoms with E-state index in [0.29, 0.717) is 28.4 Å². The molecule has 5 heteroatoms. The van der Waals surface area contributed by atoms with Crippen LogP contribution in [-0.4, -0.2) is 26.6 Å². The van der Waals surface area contributed by atoms with Crippen molar-refractivity contribution >= 4 is 27.8 Å². The maximum atomic E-state index is 12.7. The first-order chi connectivity index (χ1) is 11.1. The van der Waals surface area contributed by atoms with Crippen LogP contribution in [0.3, 0.4) is 0 Å². The number of ketones is 1. The summed E-state index contributed by atoms with van der Waals surface area (Å²) in [5.74, 6) is 1.84. The third kappa shape index (κ3) is 3.10. The van der Waals surface area contributed by atoms with Crippen molar-refractivity contribution in [2.24, 2.45) is 0 Å². The van der Waals surface area contributed by atoms with E-state index in [1.54, 1.807) is 38.5 Å². The molecule has 0 amide bonds. The Hall–Kier alpha value is -2.27. The Bertz CT molecular complexity index is 796. The molecule has 0 aromatic heterocycles. The van der Waals surface area contributed by atoms with E-state index >= 15 is 0 Å². The van der Waals surface area contributed by atoms with Crippen molar-refractivity contribution in [1.29, 1.82) is 0 Å². The fourth-order valence-corrected chi connectivity index (χ4v) is 2.83. The van der Waals surface area contributed by atoms with Crippen LogP contribution >= 0.6 is 15.9 Å². The van der Waals surface area contributed by atoms with Crippen LogP contribution in [0.2, 0.25) is 0 Å². The quantitative estimate of drug-likeness (QED) is 0.757. The molecule has 1 aliphatic heterocycles. The molecule has 3 rings (SSSR count). The van der Waals surface area contributed by atoms with Crippen LogP contribution in [0.4, 0.5) is 0 Å². The molecule has 1 heterocycles. The van der Waals surface area contributed by atoms with Gasteiger partial charge in [0.15, 0.2) is 5.78 Å². The molecule has 0 fully saturated rings. The van der Waals surface area contributed by atoms with Gasteiger partial charge in [-0.15, -0.1) is 0 Å². The Morgan fingerprint density at radius 1 is 1.13 bits per heavy atom. The minimum absolute atomic E-state index is 0.0628. The standard InChI is InChI=1S/C18H15BrO4/c1-21-14-4-6-17-15(9-14)18(20)12(10-23-17)7-11-8-13(19)3-5-16(11)22-2/h3-9H,10H2,1-2H3/b12-7+. The summed E-state index contributed by atoms with van der Waals surface area (Å²) < 4.78 is 17.1. The lowest BCUT2D eigenvalue weighted by Crippen LogP contribution is -2.19. The first-order valence-electron chi connectivity index (χ1n) is 7.02. The molecule has 0 radical (unpaired) electrons. The van der Waals surface area contributed by atoms with Gasteiger partial charge in [0.05, 0.1) is 19.8 Å². The number of methoxy groups -OCH3 is 2. The minimum Gasteiger partial charge on any atom is -0.497 e. The second-order valence-corrected chi connectivity index (χ2v) is 5.95. The molecule has 0 unspecified atom stereocenters. The number of carbonyl (C=O) groups excluding carboxylic acids is 1. The summed E-state index contributed by atoms with van der Waals surface area (Å²) in [5.41, 5.74) is 1.90. The summed E-state index contributed by atoms with van der Waals surface area (Å²) >= 11 is 3.43. The maximum absolute atomic E-state index is 12.7. The van der Waals surface area contributed by atoms with Crippen LogP contribution in [0.1, 0.15) is 15.9 Å². The number of halogens is 1. The van der Waals surface area contributed by atoms with Gasteiger partial charge in [0.25, 0.3) is 0 Å². The SMILES string of the molecule is COc1ccc2c(c1)C(=O)/C(=C/c1cc(Br)ccc1OC)CO2. The topological polar surface area (TPSA) is 44.8 Å². The summed E-state index contributed by atoms with van der Waals surface area (Å²) in [6.45, 7) is 0.230. The third-order valence-corrected chi connectivity index (χ3v) is 4.12. The summed E-state index contributed by atoms with van der Waals surface area (Å²) in [5, 5.41) is 0. The zero-order valence-electron chi connectivity index (χ0n) is 12.8.